The van der Waals surface area contributed by atoms with E-state index < -0.39 is 17.7 Å². The zero-order valence-electron chi connectivity index (χ0n) is 11.0. The van der Waals surface area contributed by atoms with Gasteiger partial charge in [0, 0.05) is 12.2 Å². The van der Waals surface area contributed by atoms with Gasteiger partial charge in [-0.2, -0.15) is 0 Å². The van der Waals surface area contributed by atoms with Gasteiger partial charge in [-0.3, -0.25) is 14.9 Å². The first-order chi connectivity index (χ1) is 9.60. The maximum atomic E-state index is 11.7. The highest BCUT2D eigenvalue weighted by molar-refractivity contribution is 6.19. The lowest BCUT2D eigenvalue weighted by Gasteiger charge is -2.18. The smallest absolute Gasteiger partial charge is 0.412 e. The van der Waals surface area contributed by atoms with E-state index in [9.17, 15) is 14.4 Å². The van der Waals surface area contributed by atoms with Gasteiger partial charge >= 0.3 is 6.09 Å². The Morgan fingerprint density at radius 1 is 1.30 bits per heavy atom. The lowest BCUT2D eigenvalue weighted by atomic mass is 10.1. The number of hydrogen-bond acceptors (Lipinski definition) is 5. The van der Waals surface area contributed by atoms with Crippen molar-refractivity contribution in [3.8, 4) is 0 Å². The minimum Gasteiger partial charge on any atom is -0.493 e. The lowest BCUT2D eigenvalue weighted by Crippen LogP contribution is -2.33. The average molecular weight is 277 g/mol. The van der Waals surface area contributed by atoms with Crippen molar-refractivity contribution in [3.05, 3.63) is 35.8 Å². The van der Waals surface area contributed by atoms with Crippen molar-refractivity contribution < 1.29 is 23.9 Å². The van der Waals surface area contributed by atoms with Crippen molar-refractivity contribution >= 4 is 17.7 Å². The van der Waals surface area contributed by atoms with Gasteiger partial charge in [-0.15, -0.1) is 0 Å². The molecule has 0 aromatic heterocycles. The molecule has 0 aromatic rings. The number of ketones is 2. The van der Waals surface area contributed by atoms with Crippen LogP contribution in [0.25, 0.3) is 0 Å². The molecule has 1 N–H and O–H groups in total. The van der Waals surface area contributed by atoms with E-state index in [0.29, 0.717) is 0 Å². The molecule has 1 amide bonds. The Morgan fingerprint density at radius 2 is 2.10 bits per heavy atom. The molecule has 0 aromatic carbocycles. The summed E-state index contributed by atoms with van der Waals surface area (Å²) in [5.74, 6) is -1.03. The normalized spacial score (nSPS) is 21.9. The second-order valence-corrected chi connectivity index (χ2v) is 4.43. The molecule has 0 aliphatic heterocycles. The average Bonchev–Trinajstić information content (AvgIpc) is 2.43. The molecule has 6 nitrogen and oxygen atoms in total. The summed E-state index contributed by atoms with van der Waals surface area (Å²) >= 11 is 0. The summed E-state index contributed by atoms with van der Waals surface area (Å²) in [4.78, 5) is 34.9. The Balaban J connectivity index is 1.94. The van der Waals surface area contributed by atoms with Crippen molar-refractivity contribution in [1.29, 1.82) is 0 Å². The van der Waals surface area contributed by atoms with Crippen LogP contribution >= 0.6 is 0 Å². The number of carbonyl (C=O) groups excluding carboxylic acids is 3. The van der Waals surface area contributed by atoms with Gasteiger partial charge < -0.3 is 9.47 Å². The highest BCUT2D eigenvalue weighted by Crippen LogP contribution is 2.14. The first-order valence-electron chi connectivity index (χ1n) is 6.30. The van der Waals surface area contributed by atoms with Crippen molar-refractivity contribution in [3.63, 3.8) is 0 Å². The molecule has 0 spiro atoms. The summed E-state index contributed by atoms with van der Waals surface area (Å²) in [6.07, 6.45) is 7.48. The summed E-state index contributed by atoms with van der Waals surface area (Å²) in [6.45, 7) is 0. The van der Waals surface area contributed by atoms with Gasteiger partial charge in [0.05, 0.1) is 12.8 Å². The molecule has 1 unspecified atom stereocenters. The number of allylic oxidation sites excluding steroid dienone is 3. The Morgan fingerprint density at radius 3 is 2.75 bits per heavy atom. The summed E-state index contributed by atoms with van der Waals surface area (Å²) < 4.78 is 9.88. The summed E-state index contributed by atoms with van der Waals surface area (Å²) in [5.41, 5.74) is -0.111. The first kappa shape index (κ1) is 14.0. The molecule has 0 saturated heterocycles. The van der Waals surface area contributed by atoms with E-state index in [1.807, 2.05) is 12.2 Å². The summed E-state index contributed by atoms with van der Waals surface area (Å²) in [7, 11) is 1.30. The molecule has 0 fully saturated rings. The van der Waals surface area contributed by atoms with Gasteiger partial charge in [0.2, 0.25) is 11.6 Å². The quantitative estimate of drug-likeness (QED) is 0.622. The van der Waals surface area contributed by atoms with Crippen molar-refractivity contribution in [2.45, 2.75) is 25.4 Å². The topological polar surface area (TPSA) is 81.7 Å². The molecule has 106 valence electrons. The molecule has 20 heavy (non-hydrogen) atoms. The van der Waals surface area contributed by atoms with E-state index in [-0.39, 0.29) is 17.6 Å². The lowest BCUT2D eigenvalue weighted by molar-refractivity contribution is -0.117. The number of alkyl carbamates (subject to hydrolysis) is 1. The Kier molecular flexibility index (Phi) is 4.34. The molecule has 2 rings (SSSR count). The number of methoxy groups -OCH3 is 1. The number of nitrogens with one attached hydrogen (secondary N) is 1. The van der Waals surface area contributed by atoms with Crippen LogP contribution in [0.5, 0.6) is 0 Å². The van der Waals surface area contributed by atoms with E-state index in [0.717, 1.165) is 31.4 Å². The third-order valence-corrected chi connectivity index (χ3v) is 2.97. The molecule has 1 atom stereocenters. The fraction of sp³-hybridized carbons (Fsp3) is 0.357. The van der Waals surface area contributed by atoms with E-state index in [2.05, 4.69) is 5.32 Å². The van der Waals surface area contributed by atoms with Gasteiger partial charge in [0.15, 0.2) is 5.76 Å². The molecule has 2 aliphatic rings. The predicted octanol–water partition coefficient (Wildman–Crippen LogP) is 1.39. The SMILES string of the molecule is COC1=CC(=O)C(NC(=O)OC2C=CCCC2)=CC1=O. The molecule has 0 heterocycles. The summed E-state index contributed by atoms with van der Waals surface area (Å²) in [6, 6.07) is 0. The number of carbonyl (C=O) groups is 3. The Hall–Kier alpha value is -2.37. The zero-order valence-corrected chi connectivity index (χ0v) is 11.0. The van der Waals surface area contributed by atoms with Crippen molar-refractivity contribution in [1.82, 2.24) is 5.32 Å². The van der Waals surface area contributed by atoms with E-state index >= 15 is 0 Å². The molecule has 0 radical (unpaired) electrons. The molecular formula is C14H15NO5. The zero-order chi connectivity index (χ0) is 14.5. The van der Waals surface area contributed by atoms with Crippen LogP contribution in [-0.4, -0.2) is 30.9 Å². The van der Waals surface area contributed by atoms with Crippen LogP contribution in [0.1, 0.15) is 19.3 Å². The van der Waals surface area contributed by atoms with Crippen molar-refractivity contribution in [2.75, 3.05) is 7.11 Å². The second kappa shape index (κ2) is 6.18. The van der Waals surface area contributed by atoms with E-state index in [1.54, 1.807) is 0 Å². The minimum atomic E-state index is -0.747. The second-order valence-electron chi connectivity index (χ2n) is 4.43. The van der Waals surface area contributed by atoms with Crippen LogP contribution in [0.4, 0.5) is 4.79 Å². The standard InChI is InChI=1S/C14H15NO5/c1-19-13-8-11(16)10(7-12(13)17)15-14(18)20-9-5-3-2-4-6-9/h3,5,7-9H,2,4,6H2,1H3,(H,15,18). The highest BCUT2D eigenvalue weighted by Gasteiger charge is 2.23. The minimum absolute atomic E-state index is 0.0517. The van der Waals surface area contributed by atoms with Gasteiger partial charge in [-0.05, 0) is 25.3 Å². The van der Waals surface area contributed by atoms with Crippen LogP contribution in [0.2, 0.25) is 0 Å². The van der Waals surface area contributed by atoms with E-state index in [1.165, 1.54) is 7.11 Å². The third-order valence-electron chi connectivity index (χ3n) is 2.97. The molecule has 6 heteroatoms. The fourth-order valence-electron chi connectivity index (χ4n) is 1.95. The molecule has 0 bridgehead atoms. The number of ether oxygens (including phenoxy) is 2. The van der Waals surface area contributed by atoms with E-state index in [4.69, 9.17) is 9.47 Å². The van der Waals surface area contributed by atoms with Gasteiger partial charge in [-0.25, -0.2) is 4.79 Å². The number of rotatable bonds is 3. The van der Waals surface area contributed by atoms with Crippen molar-refractivity contribution in [2.24, 2.45) is 0 Å². The molecule has 0 saturated carbocycles. The monoisotopic (exact) mass is 277 g/mol. The van der Waals surface area contributed by atoms with Crippen LogP contribution in [0.3, 0.4) is 0 Å². The largest absolute Gasteiger partial charge is 0.493 e. The van der Waals surface area contributed by atoms with Gasteiger partial charge in [0.25, 0.3) is 0 Å². The maximum Gasteiger partial charge on any atom is 0.412 e. The van der Waals surface area contributed by atoms with Gasteiger partial charge in [-0.1, -0.05) is 6.08 Å². The predicted molar refractivity (Wildman–Crippen MR) is 69.6 cm³/mol. The van der Waals surface area contributed by atoms with Crippen LogP contribution in [-0.2, 0) is 19.1 Å². The molecular weight excluding hydrogens is 262 g/mol. The van der Waals surface area contributed by atoms with Crippen LogP contribution in [0, 0.1) is 0 Å². The third kappa shape index (κ3) is 3.34. The maximum absolute atomic E-state index is 11.7. The molecule has 2 aliphatic carbocycles. The fourth-order valence-corrected chi connectivity index (χ4v) is 1.95. The number of amides is 1. The number of hydrogen-bond donors (Lipinski definition) is 1. The van der Waals surface area contributed by atoms with Crippen LogP contribution in [0.15, 0.2) is 35.8 Å². The van der Waals surface area contributed by atoms with Crippen LogP contribution < -0.4 is 5.32 Å². The Bertz CT molecular complexity index is 530. The Labute approximate surface area is 116 Å². The highest BCUT2D eigenvalue weighted by atomic mass is 16.6. The first-order valence-corrected chi connectivity index (χ1v) is 6.30. The van der Waals surface area contributed by atoms with Gasteiger partial charge in [0.1, 0.15) is 6.10 Å². The summed E-state index contributed by atoms with van der Waals surface area (Å²) in [5, 5.41) is 2.29.